The summed E-state index contributed by atoms with van der Waals surface area (Å²) in [6, 6.07) is 15.7. The van der Waals surface area contributed by atoms with E-state index in [0.717, 1.165) is 11.1 Å². The first-order valence-electron chi connectivity index (χ1n) is 7.48. The molecule has 2 rings (SSSR count). The molecule has 0 aliphatic heterocycles. The lowest BCUT2D eigenvalue weighted by molar-refractivity contribution is -0.137. The van der Waals surface area contributed by atoms with E-state index in [1.54, 1.807) is 61.5 Å². The standard InChI is InChI=1S/C18H19NO4S/c1-2-23-18(20)13-10-15-8-11-17(12-9-15)19-24(21,22)14-16-6-4-3-5-7-16/h3-13,19H,2,14H2,1H3. The molecule has 0 atom stereocenters. The molecule has 0 saturated heterocycles. The number of anilines is 1. The fraction of sp³-hybridized carbons (Fsp3) is 0.167. The van der Waals surface area contributed by atoms with E-state index in [4.69, 9.17) is 4.74 Å². The van der Waals surface area contributed by atoms with Gasteiger partial charge in [-0.05, 0) is 36.3 Å². The third-order valence-corrected chi connectivity index (χ3v) is 4.34. The van der Waals surface area contributed by atoms with Gasteiger partial charge in [0.1, 0.15) is 0 Å². The average molecular weight is 345 g/mol. The van der Waals surface area contributed by atoms with Crippen molar-refractivity contribution in [2.24, 2.45) is 0 Å². The van der Waals surface area contributed by atoms with Crippen LogP contribution in [-0.4, -0.2) is 21.0 Å². The van der Waals surface area contributed by atoms with E-state index in [1.807, 2.05) is 6.07 Å². The highest BCUT2D eigenvalue weighted by Crippen LogP contribution is 2.14. The minimum absolute atomic E-state index is 0.0850. The van der Waals surface area contributed by atoms with E-state index in [0.29, 0.717) is 12.3 Å². The molecule has 0 bridgehead atoms. The van der Waals surface area contributed by atoms with Crippen LogP contribution in [0.3, 0.4) is 0 Å². The van der Waals surface area contributed by atoms with E-state index in [9.17, 15) is 13.2 Å². The van der Waals surface area contributed by atoms with Crippen LogP contribution in [0.25, 0.3) is 6.08 Å². The van der Waals surface area contributed by atoms with Crippen molar-refractivity contribution in [2.75, 3.05) is 11.3 Å². The zero-order valence-electron chi connectivity index (χ0n) is 13.3. The second-order valence-electron chi connectivity index (χ2n) is 5.05. The lowest BCUT2D eigenvalue weighted by Gasteiger charge is -2.08. The van der Waals surface area contributed by atoms with Gasteiger partial charge in [0.2, 0.25) is 10.0 Å². The summed E-state index contributed by atoms with van der Waals surface area (Å²) in [5, 5.41) is 0. The number of hydrogen-bond acceptors (Lipinski definition) is 4. The van der Waals surface area contributed by atoms with Gasteiger partial charge >= 0.3 is 5.97 Å². The maximum Gasteiger partial charge on any atom is 0.330 e. The van der Waals surface area contributed by atoms with Crippen molar-refractivity contribution >= 4 is 27.8 Å². The topological polar surface area (TPSA) is 72.5 Å². The van der Waals surface area contributed by atoms with Crippen LogP contribution in [0.2, 0.25) is 0 Å². The molecule has 0 heterocycles. The van der Waals surface area contributed by atoms with Crippen molar-refractivity contribution < 1.29 is 17.9 Å². The maximum absolute atomic E-state index is 12.2. The summed E-state index contributed by atoms with van der Waals surface area (Å²) < 4.78 is 31.6. The van der Waals surface area contributed by atoms with Crippen LogP contribution < -0.4 is 4.72 Å². The van der Waals surface area contributed by atoms with Crippen LogP contribution in [0, 0.1) is 0 Å². The Kier molecular flexibility index (Phi) is 6.14. The number of carbonyl (C=O) groups is 1. The highest BCUT2D eigenvalue weighted by atomic mass is 32.2. The molecule has 0 unspecified atom stereocenters. The number of sulfonamides is 1. The Morgan fingerprint density at radius 2 is 1.75 bits per heavy atom. The normalized spacial score (nSPS) is 11.4. The van der Waals surface area contributed by atoms with Gasteiger partial charge < -0.3 is 4.74 Å². The smallest absolute Gasteiger partial charge is 0.330 e. The molecule has 0 aliphatic carbocycles. The fourth-order valence-corrected chi connectivity index (χ4v) is 3.22. The average Bonchev–Trinajstić information content (AvgIpc) is 2.54. The molecule has 0 spiro atoms. The highest BCUT2D eigenvalue weighted by molar-refractivity contribution is 7.91. The van der Waals surface area contributed by atoms with Crippen LogP contribution in [0.5, 0.6) is 0 Å². The third-order valence-electron chi connectivity index (χ3n) is 3.08. The van der Waals surface area contributed by atoms with Crippen LogP contribution in [-0.2, 0) is 25.3 Å². The van der Waals surface area contributed by atoms with Crippen molar-refractivity contribution in [3.8, 4) is 0 Å². The zero-order valence-corrected chi connectivity index (χ0v) is 14.1. The first-order chi connectivity index (χ1) is 11.5. The predicted octanol–water partition coefficient (Wildman–Crippen LogP) is 3.20. The molecular formula is C18H19NO4S. The van der Waals surface area contributed by atoms with Crippen molar-refractivity contribution in [2.45, 2.75) is 12.7 Å². The van der Waals surface area contributed by atoms with Crippen molar-refractivity contribution in [1.82, 2.24) is 0 Å². The first-order valence-corrected chi connectivity index (χ1v) is 9.13. The van der Waals surface area contributed by atoms with Gasteiger partial charge in [-0.3, -0.25) is 4.72 Å². The molecule has 2 aromatic carbocycles. The SMILES string of the molecule is CCOC(=O)C=Cc1ccc(NS(=O)(=O)Cc2ccccc2)cc1. The van der Waals surface area contributed by atoms with Crippen LogP contribution in [0.15, 0.2) is 60.7 Å². The monoisotopic (exact) mass is 345 g/mol. The van der Waals surface area contributed by atoms with Gasteiger partial charge in [-0.15, -0.1) is 0 Å². The minimum atomic E-state index is -3.48. The Bertz CT molecular complexity index is 797. The molecule has 0 fully saturated rings. The molecule has 0 saturated carbocycles. The van der Waals surface area contributed by atoms with E-state index in [-0.39, 0.29) is 5.75 Å². The van der Waals surface area contributed by atoms with Crippen LogP contribution in [0.1, 0.15) is 18.1 Å². The Morgan fingerprint density at radius 1 is 1.08 bits per heavy atom. The second kappa shape index (κ2) is 8.31. The quantitative estimate of drug-likeness (QED) is 0.618. The summed E-state index contributed by atoms with van der Waals surface area (Å²) in [4.78, 5) is 11.2. The van der Waals surface area contributed by atoms with E-state index < -0.39 is 16.0 Å². The Hall–Kier alpha value is -2.60. The predicted molar refractivity (Wildman–Crippen MR) is 94.8 cm³/mol. The van der Waals surface area contributed by atoms with Gasteiger partial charge in [0.25, 0.3) is 0 Å². The van der Waals surface area contributed by atoms with Crippen LogP contribution in [0.4, 0.5) is 5.69 Å². The van der Waals surface area contributed by atoms with Gasteiger partial charge in [0.05, 0.1) is 12.4 Å². The fourth-order valence-electron chi connectivity index (χ4n) is 2.03. The summed E-state index contributed by atoms with van der Waals surface area (Å²) >= 11 is 0. The number of hydrogen-bond donors (Lipinski definition) is 1. The van der Waals surface area contributed by atoms with E-state index >= 15 is 0 Å². The number of rotatable bonds is 7. The number of esters is 1. The summed E-state index contributed by atoms with van der Waals surface area (Å²) in [6.07, 6.45) is 2.94. The van der Waals surface area contributed by atoms with Gasteiger partial charge in [-0.2, -0.15) is 0 Å². The van der Waals surface area contributed by atoms with Crippen molar-refractivity contribution in [1.29, 1.82) is 0 Å². The number of carbonyl (C=O) groups excluding carboxylic acids is 1. The summed E-state index contributed by atoms with van der Waals surface area (Å²) in [6.45, 7) is 2.06. The number of benzene rings is 2. The molecule has 24 heavy (non-hydrogen) atoms. The largest absolute Gasteiger partial charge is 0.463 e. The van der Waals surface area contributed by atoms with Gasteiger partial charge in [0, 0.05) is 11.8 Å². The summed E-state index contributed by atoms with van der Waals surface area (Å²) in [7, 11) is -3.48. The molecule has 1 N–H and O–H groups in total. The Labute approximate surface area is 142 Å². The third kappa shape index (κ3) is 5.89. The van der Waals surface area contributed by atoms with E-state index in [1.165, 1.54) is 6.08 Å². The molecule has 0 aliphatic rings. The number of nitrogens with one attached hydrogen (secondary N) is 1. The first kappa shape index (κ1) is 17.7. The van der Waals surface area contributed by atoms with Gasteiger partial charge in [0.15, 0.2) is 0 Å². The van der Waals surface area contributed by atoms with Crippen LogP contribution >= 0.6 is 0 Å². The minimum Gasteiger partial charge on any atom is -0.463 e. The Balaban J connectivity index is 1.99. The molecule has 0 radical (unpaired) electrons. The highest BCUT2D eigenvalue weighted by Gasteiger charge is 2.11. The zero-order chi connectivity index (χ0) is 17.4. The van der Waals surface area contributed by atoms with Gasteiger partial charge in [-0.25, -0.2) is 13.2 Å². The summed E-state index contributed by atoms with van der Waals surface area (Å²) in [5.74, 6) is -0.497. The molecular weight excluding hydrogens is 326 g/mol. The molecule has 0 amide bonds. The van der Waals surface area contributed by atoms with Crippen molar-refractivity contribution in [3.63, 3.8) is 0 Å². The molecule has 6 heteroatoms. The lowest BCUT2D eigenvalue weighted by Crippen LogP contribution is -2.14. The Morgan fingerprint density at radius 3 is 2.38 bits per heavy atom. The summed E-state index contributed by atoms with van der Waals surface area (Å²) in [5.41, 5.74) is 1.97. The lowest BCUT2D eigenvalue weighted by atomic mass is 10.2. The molecule has 2 aromatic rings. The maximum atomic E-state index is 12.2. The molecule has 0 aromatic heterocycles. The number of ether oxygens (including phenoxy) is 1. The van der Waals surface area contributed by atoms with Crippen molar-refractivity contribution in [3.05, 3.63) is 71.8 Å². The second-order valence-corrected chi connectivity index (χ2v) is 6.78. The molecule has 126 valence electrons. The van der Waals surface area contributed by atoms with E-state index in [2.05, 4.69) is 4.72 Å². The molecule has 5 nitrogen and oxygen atoms in total. The van der Waals surface area contributed by atoms with Gasteiger partial charge in [-0.1, -0.05) is 42.5 Å².